The normalized spacial score (nSPS) is 23.5. The fraction of sp³-hybridized carbons (Fsp3) is 0.182. The van der Waals surface area contributed by atoms with Crippen molar-refractivity contribution in [3.8, 4) is 5.75 Å². The molecule has 0 saturated heterocycles. The average molecular weight is 377 g/mol. The van der Waals surface area contributed by atoms with Crippen LogP contribution in [0.4, 0.5) is 0 Å². The molecule has 0 amide bonds. The molecule has 3 aromatic rings. The molecule has 3 aliphatic rings. The molecule has 2 heterocycles. The van der Waals surface area contributed by atoms with Gasteiger partial charge >= 0.3 is 149 Å². The van der Waals surface area contributed by atoms with E-state index in [2.05, 4.69) is 72.8 Å². The summed E-state index contributed by atoms with van der Waals surface area (Å²) in [5.74, 6) is 1.43. The quantitative estimate of drug-likeness (QED) is 0.589. The second kappa shape index (κ2) is 5.51. The molecular weight excluding hydrogens is 359 g/mol. The Morgan fingerprint density at radius 1 is 0.708 bits per heavy atom. The van der Waals surface area contributed by atoms with E-state index in [1.54, 1.807) is 18.2 Å². The van der Waals surface area contributed by atoms with E-state index in [9.17, 15) is 0 Å². The molecule has 0 aromatic heterocycles. The molecule has 24 heavy (non-hydrogen) atoms. The monoisotopic (exact) mass is 378 g/mol. The Kier molecular flexibility index (Phi) is 3.29. The molecule has 0 N–H and O–H groups in total. The van der Waals surface area contributed by atoms with Crippen LogP contribution in [0.5, 0.6) is 5.75 Å². The van der Waals surface area contributed by atoms with Crippen LogP contribution in [0.1, 0.15) is 43.4 Å². The van der Waals surface area contributed by atoms with Crippen molar-refractivity contribution >= 4 is 15.0 Å². The third kappa shape index (κ3) is 2.00. The van der Waals surface area contributed by atoms with Crippen molar-refractivity contribution in [1.29, 1.82) is 0 Å². The van der Waals surface area contributed by atoms with Crippen LogP contribution < -0.4 is 4.74 Å². The second-order valence-electron chi connectivity index (χ2n) is 6.45. The van der Waals surface area contributed by atoms with Gasteiger partial charge in [0, 0.05) is 0 Å². The molecule has 1 aliphatic carbocycles. The van der Waals surface area contributed by atoms with Gasteiger partial charge in [-0.2, -0.15) is 0 Å². The summed E-state index contributed by atoms with van der Waals surface area (Å²) in [4.78, 5) is 1.19. The van der Waals surface area contributed by atoms with Crippen LogP contribution in [0.15, 0.2) is 72.8 Å². The summed E-state index contributed by atoms with van der Waals surface area (Å²) in [5.41, 5.74) is 7.65. The van der Waals surface area contributed by atoms with Gasteiger partial charge in [0.1, 0.15) is 0 Å². The Bertz CT molecular complexity index is 852. The summed E-state index contributed by atoms with van der Waals surface area (Å²) in [5, 5.41) is 0. The Morgan fingerprint density at radius 3 is 1.79 bits per heavy atom. The van der Waals surface area contributed by atoms with Gasteiger partial charge in [0.2, 0.25) is 0 Å². The summed E-state index contributed by atoms with van der Waals surface area (Å²) in [7, 11) is 1.73. The Balaban J connectivity index is 1.68. The number of ether oxygens (including phenoxy) is 1. The van der Waals surface area contributed by atoms with Crippen LogP contribution in [-0.2, 0) is 0 Å². The Labute approximate surface area is 148 Å². The summed E-state index contributed by atoms with van der Waals surface area (Å²) < 4.78 is 5.34. The molecule has 0 saturated carbocycles. The third-order valence-electron chi connectivity index (χ3n) is 5.26. The number of benzene rings is 3. The molecule has 0 radical (unpaired) electrons. The van der Waals surface area contributed by atoms with Crippen LogP contribution in [-0.4, -0.2) is 22.1 Å². The second-order valence-corrected chi connectivity index (χ2v) is 9.07. The van der Waals surface area contributed by atoms with Gasteiger partial charge in [-0.05, 0) is 0 Å². The van der Waals surface area contributed by atoms with Gasteiger partial charge in [-0.3, -0.25) is 0 Å². The molecular formula is C22H18OSe. The summed E-state index contributed by atoms with van der Waals surface area (Å²) >= 11 is 0.530. The first kappa shape index (κ1) is 14.3. The molecule has 3 aromatic carbocycles. The molecule has 118 valence electrons. The van der Waals surface area contributed by atoms with Gasteiger partial charge in [0.05, 0.1) is 0 Å². The van der Waals surface area contributed by atoms with E-state index >= 15 is 0 Å². The zero-order valence-electron chi connectivity index (χ0n) is 13.5. The summed E-state index contributed by atoms with van der Waals surface area (Å²) in [6, 6.07) is 26.9. The van der Waals surface area contributed by atoms with E-state index in [0.29, 0.717) is 30.5 Å². The van der Waals surface area contributed by atoms with Gasteiger partial charge in [-0.25, -0.2) is 0 Å². The van der Waals surface area contributed by atoms with Crippen LogP contribution in [0.25, 0.3) is 0 Å². The van der Waals surface area contributed by atoms with Crippen LogP contribution in [0, 0.1) is 0 Å². The standard InChI is InChI=1S/C22H18OSe/c1-23-15-12-10-14(11-13-15)21-20-16-6-2-4-8-18(16)22(24-21)19-9-5-3-7-17(19)20/h2-13,20-22H,1H3. The topological polar surface area (TPSA) is 9.23 Å². The number of hydrogen-bond donors (Lipinski definition) is 0. The van der Waals surface area contributed by atoms with Gasteiger partial charge < -0.3 is 0 Å². The maximum atomic E-state index is 5.34. The van der Waals surface area contributed by atoms with Crippen molar-refractivity contribution in [2.24, 2.45) is 0 Å². The summed E-state index contributed by atoms with van der Waals surface area (Å²) in [6.45, 7) is 0. The fourth-order valence-electron chi connectivity index (χ4n) is 4.16. The first-order chi connectivity index (χ1) is 11.9. The van der Waals surface area contributed by atoms with E-state index in [-0.39, 0.29) is 0 Å². The van der Waals surface area contributed by atoms with Crippen LogP contribution in [0.2, 0.25) is 0 Å². The molecule has 0 fully saturated rings. The van der Waals surface area contributed by atoms with Gasteiger partial charge in [0.25, 0.3) is 0 Å². The van der Waals surface area contributed by atoms with Crippen molar-refractivity contribution in [2.45, 2.75) is 15.6 Å². The number of methoxy groups -OCH3 is 1. The molecule has 2 aliphatic heterocycles. The SMILES string of the molecule is COc1ccc(C2[Se]C3c4ccccc4C2c2ccccc23)cc1. The molecule has 2 bridgehead atoms. The first-order valence-corrected chi connectivity index (χ1v) is 10.3. The minimum atomic E-state index is 0.496. The van der Waals surface area contributed by atoms with E-state index in [1.165, 1.54) is 16.7 Å². The number of fused-ring (bicyclic) bond motifs is 1. The van der Waals surface area contributed by atoms with Gasteiger partial charge in [-0.15, -0.1) is 0 Å². The minimum absolute atomic E-state index is 0.496. The number of rotatable bonds is 2. The third-order valence-corrected chi connectivity index (χ3v) is 8.65. The number of hydrogen-bond acceptors (Lipinski definition) is 1. The molecule has 1 nitrogen and oxygen atoms in total. The van der Waals surface area contributed by atoms with E-state index in [1.807, 2.05) is 0 Å². The molecule has 0 spiro atoms. The molecule has 1 unspecified atom stereocenters. The van der Waals surface area contributed by atoms with Crippen LogP contribution in [0.3, 0.4) is 0 Å². The zero-order chi connectivity index (χ0) is 16.1. The first-order valence-electron chi connectivity index (χ1n) is 8.34. The van der Waals surface area contributed by atoms with Crippen molar-refractivity contribution in [1.82, 2.24) is 0 Å². The fourth-order valence-corrected chi connectivity index (χ4v) is 7.90. The van der Waals surface area contributed by atoms with Crippen LogP contribution >= 0.6 is 0 Å². The van der Waals surface area contributed by atoms with Gasteiger partial charge in [-0.1, -0.05) is 0 Å². The van der Waals surface area contributed by atoms with E-state index in [4.69, 9.17) is 4.74 Å². The van der Waals surface area contributed by atoms with Crippen molar-refractivity contribution in [3.05, 3.63) is 101 Å². The van der Waals surface area contributed by atoms with E-state index in [0.717, 1.165) is 5.75 Å². The molecule has 2 heteroatoms. The van der Waals surface area contributed by atoms with Crippen molar-refractivity contribution < 1.29 is 4.74 Å². The maximum absolute atomic E-state index is 5.34. The zero-order valence-corrected chi connectivity index (χ0v) is 15.2. The summed E-state index contributed by atoms with van der Waals surface area (Å²) in [6.07, 6.45) is 0. The van der Waals surface area contributed by atoms with Gasteiger partial charge in [0.15, 0.2) is 0 Å². The Hall–Kier alpha value is -2.02. The average Bonchev–Trinajstić information content (AvgIpc) is 2.68. The van der Waals surface area contributed by atoms with Crippen molar-refractivity contribution in [3.63, 3.8) is 0 Å². The van der Waals surface area contributed by atoms with E-state index < -0.39 is 0 Å². The Morgan fingerprint density at radius 2 is 1.25 bits per heavy atom. The van der Waals surface area contributed by atoms with Crippen molar-refractivity contribution in [2.75, 3.05) is 7.11 Å². The molecule has 6 rings (SSSR count). The predicted octanol–water partition coefficient (Wildman–Crippen LogP) is 4.69. The molecule has 1 atom stereocenters. The predicted molar refractivity (Wildman–Crippen MR) is 98.1 cm³/mol.